The Bertz CT molecular complexity index is 1020. The van der Waals surface area contributed by atoms with E-state index in [1.54, 1.807) is 30.7 Å². The highest BCUT2D eigenvalue weighted by atomic mass is 32.2. The van der Waals surface area contributed by atoms with Gasteiger partial charge in [0.25, 0.3) is 5.56 Å². The Hall–Kier alpha value is -2.64. The van der Waals surface area contributed by atoms with Gasteiger partial charge in [0.1, 0.15) is 0 Å². The Labute approximate surface area is 167 Å². The minimum Gasteiger partial charge on any atom is -0.383 e. The van der Waals surface area contributed by atoms with E-state index < -0.39 is 5.25 Å². The average molecular weight is 398 g/mol. The Morgan fingerprint density at radius 2 is 1.82 bits per heavy atom. The van der Waals surface area contributed by atoms with Crippen molar-refractivity contribution in [3.63, 3.8) is 0 Å². The number of carbonyl (C=O) groups is 1. The second-order valence-corrected chi connectivity index (χ2v) is 7.81. The number of aromatic nitrogens is 2. The lowest BCUT2D eigenvalue weighted by Gasteiger charge is -2.20. The molecule has 0 aliphatic rings. The molecule has 0 radical (unpaired) electrons. The number of methoxy groups -OCH3 is 1. The van der Waals surface area contributed by atoms with Crippen LogP contribution >= 0.6 is 11.8 Å². The van der Waals surface area contributed by atoms with E-state index in [0.717, 1.165) is 5.69 Å². The van der Waals surface area contributed by atoms with E-state index in [1.807, 2.05) is 49.4 Å². The zero-order valence-corrected chi connectivity index (χ0v) is 16.9. The summed E-state index contributed by atoms with van der Waals surface area (Å²) in [4.78, 5) is 30.3. The molecule has 1 aromatic heterocycles. The average Bonchev–Trinajstić information content (AvgIpc) is 2.69. The van der Waals surface area contributed by atoms with Crippen molar-refractivity contribution in [1.82, 2.24) is 9.55 Å². The Kier molecular flexibility index (Phi) is 6.49. The topological polar surface area (TPSA) is 73.2 Å². The largest absolute Gasteiger partial charge is 0.383 e. The number of carbonyl (C=O) groups excluding carboxylic acids is 1. The normalized spacial score (nSPS) is 13.2. The SMILES string of the molecule is COC[C@H](C)n1c(S[C@@H](C)C(=O)Nc2ccccc2)nc2ccccc2c1=O. The summed E-state index contributed by atoms with van der Waals surface area (Å²) >= 11 is 1.26. The van der Waals surface area contributed by atoms with Gasteiger partial charge in [0.05, 0.1) is 28.8 Å². The van der Waals surface area contributed by atoms with E-state index in [4.69, 9.17) is 4.74 Å². The van der Waals surface area contributed by atoms with Gasteiger partial charge in [0.15, 0.2) is 5.16 Å². The van der Waals surface area contributed by atoms with Crippen LogP contribution in [0.4, 0.5) is 5.69 Å². The first-order valence-electron chi connectivity index (χ1n) is 9.04. The summed E-state index contributed by atoms with van der Waals surface area (Å²) in [5, 5.41) is 3.51. The van der Waals surface area contributed by atoms with Crippen LogP contribution in [0.2, 0.25) is 0 Å². The van der Waals surface area contributed by atoms with E-state index in [9.17, 15) is 9.59 Å². The molecule has 1 amide bonds. The first kappa shape index (κ1) is 20.1. The van der Waals surface area contributed by atoms with Crippen LogP contribution in [0.3, 0.4) is 0 Å². The highest BCUT2D eigenvalue weighted by Crippen LogP contribution is 2.26. The van der Waals surface area contributed by atoms with Crippen LogP contribution in [0.25, 0.3) is 10.9 Å². The number of nitrogens with one attached hydrogen (secondary N) is 1. The maximum atomic E-state index is 13.1. The molecular weight excluding hydrogens is 374 g/mol. The van der Waals surface area contributed by atoms with Crippen molar-refractivity contribution in [2.24, 2.45) is 0 Å². The summed E-state index contributed by atoms with van der Waals surface area (Å²) in [5.74, 6) is -0.149. The van der Waals surface area contributed by atoms with E-state index >= 15 is 0 Å². The maximum Gasteiger partial charge on any atom is 0.262 e. The fraction of sp³-hybridized carbons (Fsp3) is 0.286. The zero-order chi connectivity index (χ0) is 20.1. The molecule has 146 valence electrons. The monoisotopic (exact) mass is 397 g/mol. The summed E-state index contributed by atoms with van der Waals surface area (Å²) in [6.07, 6.45) is 0. The second kappa shape index (κ2) is 9.03. The molecule has 28 heavy (non-hydrogen) atoms. The van der Waals surface area contributed by atoms with E-state index in [2.05, 4.69) is 10.3 Å². The van der Waals surface area contributed by atoms with Crippen LogP contribution in [-0.4, -0.2) is 34.4 Å². The van der Waals surface area contributed by atoms with Gasteiger partial charge < -0.3 is 10.1 Å². The predicted molar refractivity (Wildman–Crippen MR) is 113 cm³/mol. The molecule has 1 N–H and O–H groups in total. The molecule has 6 nitrogen and oxygen atoms in total. The number of thioether (sulfide) groups is 1. The fourth-order valence-corrected chi connectivity index (χ4v) is 3.90. The first-order valence-corrected chi connectivity index (χ1v) is 9.92. The third kappa shape index (κ3) is 4.43. The summed E-state index contributed by atoms with van der Waals surface area (Å²) in [6.45, 7) is 4.08. The zero-order valence-electron chi connectivity index (χ0n) is 16.1. The molecule has 2 atom stereocenters. The number of benzene rings is 2. The fourth-order valence-electron chi connectivity index (χ4n) is 2.89. The predicted octanol–water partition coefficient (Wildman–Crippen LogP) is 3.72. The summed E-state index contributed by atoms with van der Waals surface area (Å²) in [7, 11) is 1.60. The molecule has 0 spiro atoms. The number of amides is 1. The van der Waals surface area contributed by atoms with E-state index in [1.165, 1.54) is 11.8 Å². The highest BCUT2D eigenvalue weighted by Gasteiger charge is 2.22. The lowest BCUT2D eigenvalue weighted by molar-refractivity contribution is -0.115. The molecule has 3 aromatic rings. The molecule has 0 fully saturated rings. The van der Waals surface area contributed by atoms with Gasteiger partial charge in [0, 0.05) is 12.8 Å². The molecule has 0 saturated heterocycles. The van der Waals surface area contributed by atoms with E-state index in [0.29, 0.717) is 22.7 Å². The molecule has 0 aliphatic carbocycles. The van der Waals surface area contributed by atoms with Gasteiger partial charge in [-0.3, -0.25) is 14.2 Å². The molecule has 0 unspecified atom stereocenters. The molecule has 3 rings (SSSR count). The van der Waals surface area contributed by atoms with Crippen molar-refractivity contribution in [2.45, 2.75) is 30.3 Å². The maximum absolute atomic E-state index is 13.1. The molecule has 0 bridgehead atoms. The van der Waals surface area contributed by atoms with Crippen LogP contribution in [-0.2, 0) is 9.53 Å². The van der Waals surface area contributed by atoms with Gasteiger partial charge in [-0.15, -0.1) is 0 Å². The number of fused-ring (bicyclic) bond motifs is 1. The summed E-state index contributed by atoms with van der Waals surface area (Å²) in [6, 6.07) is 16.3. The van der Waals surface area contributed by atoms with Crippen molar-refractivity contribution >= 4 is 34.3 Å². The van der Waals surface area contributed by atoms with Crippen molar-refractivity contribution in [3.8, 4) is 0 Å². The van der Waals surface area contributed by atoms with E-state index in [-0.39, 0.29) is 17.5 Å². The van der Waals surface area contributed by atoms with Gasteiger partial charge in [0.2, 0.25) is 5.91 Å². The number of anilines is 1. The van der Waals surface area contributed by atoms with Gasteiger partial charge in [-0.2, -0.15) is 0 Å². The van der Waals surface area contributed by atoms with Gasteiger partial charge in [-0.25, -0.2) is 4.98 Å². The summed E-state index contributed by atoms with van der Waals surface area (Å²) < 4.78 is 6.85. The van der Waals surface area contributed by atoms with Crippen LogP contribution in [0.5, 0.6) is 0 Å². The lowest BCUT2D eigenvalue weighted by Crippen LogP contribution is -2.30. The molecule has 7 heteroatoms. The Balaban J connectivity index is 1.93. The number of nitrogens with zero attached hydrogens (tertiary/aromatic N) is 2. The number of ether oxygens (including phenoxy) is 1. The number of hydrogen-bond donors (Lipinski definition) is 1. The molecule has 0 aliphatic heterocycles. The number of hydrogen-bond acceptors (Lipinski definition) is 5. The smallest absolute Gasteiger partial charge is 0.262 e. The van der Waals surface area contributed by atoms with Crippen LogP contribution < -0.4 is 10.9 Å². The first-order chi connectivity index (χ1) is 13.5. The van der Waals surface area contributed by atoms with Crippen molar-refractivity contribution in [1.29, 1.82) is 0 Å². The van der Waals surface area contributed by atoms with Gasteiger partial charge >= 0.3 is 0 Å². The third-order valence-electron chi connectivity index (χ3n) is 4.32. The number of para-hydroxylation sites is 2. The lowest BCUT2D eigenvalue weighted by atomic mass is 10.2. The second-order valence-electron chi connectivity index (χ2n) is 6.51. The van der Waals surface area contributed by atoms with Crippen LogP contribution in [0.1, 0.15) is 19.9 Å². The van der Waals surface area contributed by atoms with Crippen molar-refractivity contribution in [2.75, 3.05) is 19.0 Å². The molecule has 2 aromatic carbocycles. The number of rotatable bonds is 7. The minimum absolute atomic E-state index is 0.131. The highest BCUT2D eigenvalue weighted by molar-refractivity contribution is 8.00. The minimum atomic E-state index is -0.436. The van der Waals surface area contributed by atoms with Crippen molar-refractivity contribution < 1.29 is 9.53 Å². The third-order valence-corrected chi connectivity index (χ3v) is 5.38. The van der Waals surface area contributed by atoms with Gasteiger partial charge in [-0.05, 0) is 38.1 Å². The molecule has 1 heterocycles. The Morgan fingerprint density at radius 3 is 2.54 bits per heavy atom. The van der Waals surface area contributed by atoms with Crippen LogP contribution in [0, 0.1) is 0 Å². The van der Waals surface area contributed by atoms with Crippen molar-refractivity contribution in [3.05, 3.63) is 65.0 Å². The van der Waals surface area contributed by atoms with Gasteiger partial charge in [-0.1, -0.05) is 42.1 Å². The standard InChI is InChI=1S/C21H23N3O3S/c1-14(13-27-3)24-20(26)17-11-7-8-12-18(17)23-21(24)28-15(2)19(25)22-16-9-5-4-6-10-16/h4-12,14-15H,13H2,1-3H3,(H,22,25)/t14-,15-/m0/s1. The molecule has 0 saturated carbocycles. The quantitative estimate of drug-likeness (QED) is 0.486. The Morgan fingerprint density at radius 1 is 1.14 bits per heavy atom. The molecular formula is C21H23N3O3S. The summed E-state index contributed by atoms with van der Waals surface area (Å²) in [5.41, 5.74) is 1.22. The van der Waals surface area contributed by atoms with Crippen LogP contribution in [0.15, 0.2) is 64.5 Å².